The first-order chi connectivity index (χ1) is 12.2. The maximum absolute atomic E-state index is 5.40. The van der Waals surface area contributed by atoms with Gasteiger partial charge in [0.2, 0.25) is 5.88 Å². The van der Waals surface area contributed by atoms with Gasteiger partial charge in [-0.2, -0.15) is 5.10 Å². The van der Waals surface area contributed by atoms with E-state index in [1.54, 1.807) is 13.3 Å². The molecule has 4 heterocycles. The van der Waals surface area contributed by atoms with Crippen molar-refractivity contribution in [2.45, 2.75) is 19.9 Å². The smallest absolute Gasteiger partial charge is 0.217 e. The number of hydrogen-bond donors (Lipinski definition) is 0. The Balaban J connectivity index is 1.41. The molecule has 2 saturated heterocycles. The zero-order valence-electron chi connectivity index (χ0n) is 14.9. The Morgan fingerprint density at radius 2 is 2.00 bits per heavy atom. The molecule has 0 N–H and O–H groups in total. The molecule has 2 aliphatic rings. The Hall–Kier alpha value is -2.21. The van der Waals surface area contributed by atoms with Crippen molar-refractivity contribution < 1.29 is 4.74 Å². The average molecular weight is 339 g/mol. The van der Waals surface area contributed by atoms with Crippen LogP contribution in [-0.4, -0.2) is 53.4 Å². The van der Waals surface area contributed by atoms with Crippen LogP contribution >= 0.6 is 0 Å². The zero-order chi connectivity index (χ0) is 17.2. The van der Waals surface area contributed by atoms with Gasteiger partial charge in [0.1, 0.15) is 0 Å². The molecule has 6 heteroatoms. The van der Waals surface area contributed by atoms with E-state index in [0.717, 1.165) is 56.0 Å². The molecule has 0 aliphatic carbocycles. The number of hydrogen-bond acceptors (Lipinski definition) is 6. The predicted molar refractivity (Wildman–Crippen MR) is 96.6 cm³/mol. The number of fused-ring (bicyclic) bond motifs is 1. The monoisotopic (exact) mass is 339 g/mol. The van der Waals surface area contributed by atoms with Gasteiger partial charge in [0.15, 0.2) is 5.82 Å². The molecule has 25 heavy (non-hydrogen) atoms. The number of piperidine rings is 1. The molecular formula is C19H25N5O. The molecule has 2 aromatic heterocycles. The number of aryl methyl sites for hydroxylation is 1. The fourth-order valence-corrected chi connectivity index (χ4v) is 4.13. The van der Waals surface area contributed by atoms with E-state index in [1.807, 2.05) is 19.1 Å². The molecule has 4 rings (SSSR count). The summed E-state index contributed by atoms with van der Waals surface area (Å²) >= 11 is 0. The van der Waals surface area contributed by atoms with Gasteiger partial charge >= 0.3 is 0 Å². The summed E-state index contributed by atoms with van der Waals surface area (Å²) in [6.07, 6.45) is 3.01. The van der Waals surface area contributed by atoms with Crippen molar-refractivity contribution in [1.82, 2.24) is 20.1 Å². The topological polar surface area (TPSA) is 54.4 Å². The first-order valence-corrected chi connectivity index (χ1v) is 8.98. The summed E-state index contributed by atoms with van der Waals surface area (Å²) in [5, 5.41) is 8.57. The molecule has 0 bridgehead atoms. The first kappa shape index (κ1) is 16.3. The minimum atomic E-state index is 0.694. The third-order valence-electron chi connectivity index (χ3n) is 5.42. The largest absolute Gasteiger partial charge is 0.481 e. The van der Waals surface area contributed by atoms with E-state index in [9.17, 15) is 0 Å². The van der Waals surface area contributed by atoms with Crippen LogP contribution in [0.2, 0.25) is 0 Å². The number of methoxy groups -OCH3 is 1. The Morgan fingerprint density at radius 1 is 1.12 bits per heavy atom. The number of likely N-dealkylation sites (tertiary alicyclic amines) is 1. The van der Waals surface area contributed by atoms with Crippen LogP contribution in [0.15, 0.2) is 30.5 Å². The third kappa shape index (κ3) is 3.44. The van der Waals surface area contributed by atoms with Crippen molar-refractivity contribution in [3.63, 3.8) is 0 Å². The second-order valence-corrected chi connectivity index (χ2v) is 7.15. The van der Waals surface area contributed by atoms with E-state index in [4.69, 9.17) is 4.74 Å². The van der Waals surface area contributed by atoms with Crippen LogP contribution in [0.1, 0.15) is 17.7 Å². The van der Waals surface area contributed by atoms with Crippen LogP contribution in [0.5, 0.6) is 5.88 Å². The molecule has 0 unspecified atom stereocenters. The number of rotatable bonds is 4. The minimum absolute atomic E-state index is 0.694. The minimum Gasteiger partial charge on any atom is -0.481 e. The molecule has 0 aromatic carbocycles. The number of nitrogens with zero attached hydrogens (tertiary/aromatic N) is 5. The number of anilines is 1. The summed E-state index contributed by atoms with van der Waals surface area (Å²) in [6, 6.07) is 8.24. The van der Waals surface area contributed by atoms with E-state index >= 15 is 0 Å². The van der Waals surface area contributed by atoms with Crippen molar-refractivity contribution in [3.8, 4) is 5.88 Å². The maximum atomic E-state index is 5.40. The van der Waals surface area contributed by atoms with E-state index in [1.165, 1.54) is 12.0 Å². The predicted octanol–water partition coefficient (Wildman–Crippen LogP) is 2.15. The van der Waals surface area contributed by atoms with Crippen LogP contribution in [0.3, 0.4) is 0 Å². The van der Waals surface area contributed by atoms with Crippen LogP contribution in [0.25, 0.3) is 0 Å². The lowest BCUT2D eigenvalue weighted by Crippen LogP contribution is -2.40. The van der Waals surface area contributed by atoms with Gasteiger partial charge in [-0.1, -0.05) is 6.07 Å². The molecule has 2 aromatic rings. The molecular weight excluding hydrogens is 314 g/mol. The molecule has 0 amide bonds. The number of ether oxygens (including phenoxy) is 1. The van der Waals surface area contributed by atoms with Gasteiger partial charge in [-0.15, -0.1) is 5.10 Å². The molecule has 132 valence electrons. The summed E-state index contributed by atoms with van der Waals surface area (Å²) < 4.78 is 5.40. The van der Waals surface area contributed by atoms with E-state index in [-0.39, 0.29) is 0 Å². The van der Waals surface area contributed by atoms with Gasteiger partial charge in [-0.05, 0) is 43.4 Å². The summed E-state index contributed by atoms with van der Waals surface area (Å²) in [5.74, 6) is 3.22. The standard InChI is InChI=1S/C19H25N5O/c1-14-5-6-18(22-21-14)24-9-7-15-10-23(12-17(15)13-24)11-16-4-3-8-20-19(16)25-2/h3-6,8,15,17H,7,9-13H2,1-2H3/t15-,17-/m0/s1. The van der Waals surface area contributed by atoms with Crippen molar-refractivity contribution in [2.24, 2.45) is 11.8 Å². The fourth-order valence-electron chi connectivity index (χ4n) is 4.13. The van der Waals surface area contributed by atoms with Crippen LogP contribution in [-0.2, 0) is 6.54 Å². The molecule has 2 atom stereocenters. The third-order valence-corrected chi connectivity index (χ3v) is 5.42. The van der Waals surface area contributed by atoms with Crippen molar-refractivity contribution >= 4 is 5.82 Å². The highest BCUT2D eigenvalue weighted by Gasteiger charge is 2.37. The Labute approximate surface area is 148 Å². The van der Waals surface area contributed by atoms with Gasteiger partial charge in [0, 0.05) is 44.5 Å². The Morgan fingerprint density at radius 3 is 2.80 bits per heavy atom. The van der Waals surface area contributed by atoms with Gasteiger partial charge in [0.25, 0.3) is 0 Å². The highest BCUT2D eigenvalue weighted by molar-refractivity contribution is 5.38. The van der Waals surface area contributed by atoms with Crippen LogP contribution < -0.4 is 9.64 Å². The molecule has 0 radical (unpaired) electrons. The van der Waals surface area contributed by atoms with E-state index < -0.39 is 0 Å². The van der Waals surface area contributed by atoms with E-state index in [2.05, 4.69) is 37.1 Å². The summed E-state index contributed by atoms with van der Waals surface area (Å²) in [5.41, 5.74) is 2.14. The lowest BCUT2D eigenvalue weighted by atomic mass is 9.89. The Bertz CT molecular complexity index is 720. The second kappa shape index (κ2) is 6.96. The summed E-state index contributed by atoms with van der Waals surface area (Å²) in [4.78, 5) is 9.25. The lowest BCUT2D eigenvalue weighted by molar-refractivity contribution is 0.303. The molecule has 0 saturated carbocycles. The van der Waals surface area contributed by atoms with Gasteiger partial charge in [-0.3, -0.25) is 4.90 Å². The van der Waals surface area contributed by atoms with E-state index in [0.29, 0.717) is 5.92 Å². The average Bonchev–Trinajstić information content (AvgIpc) is 3.04. The van der Waals surface area contributed by atoms with Crippen molar-refractivity contribution in [1.29, 1.82) is 0 Å². The lowest BCUT2D eigenvalue weighted by Gasteiger charge is -2.34. The summed E-state index contributed by atoms with van der Waals surface area (Å²) in [7, 11) is 1.69. The highest BCUT2D eigenvalue weighted by Crippen LogP contribution is 2.34. The quantitative estimate of drug-likeness (QED) is 0.851. The molecule has 2 fully saturated rings. The fraction of sp³-hybridized carbons (Fsp3) is 0.526. The van der Waals surface area contributed by atoms with Crippen molar-refractivity contribution in [2.75, 3.05) is 38.2 Å². The second-order valence-electron chi connectivity index (χ2n) is 7.15. The van der Waals surface area contributed by atoms with Gasteiger partial charge < -0.3 is 9.64 Å². The van der Waals surface area contributed by atoms with Crippen molar-refractivity contribution in [3.05, 3.63) is 41.7 Å². The molecule has 6 nitrogen and oxygen atoms in total. The molecule has 2 aliphatic heterocycles. The normalized spacial score (nSPS) is 23.5. The highest BCUT2D eigenvalue weighted by atomic mass is 16.5. The summed E-state index contributed by atoms with van der Waals surface area (Å²) in [6.45, 7) is 7.32. The zero-order valence-corrected chi connectivity index (χ0v) is 14.9. The number of aromatic nitrogens is 3. The first-order valence-electron chi connectivity index (χ1n) is 8.98. The SMILES string of the molecule is COc1ncccc1CN1C[C@@H]2CCN(c3ccc(C)nn3)C[C@@H]2C1. The molecule has 0 spiro atoms. The van der Waals surface area contributed by atoms with Gasteiger partial charge in [0.05, 0.1) is 12.8 Å². The maximum Gasteiger partial charge on any atom is 0.217 e. The van der Waals surface area contributed by atoms with Crippen LogP contribution in [0.4, 0.5) is 5.82 Å². The van der Waals surface area contributed by atoms with Crippen LogP contribution in [0, 0.1) is 18.8 Å². The van der Waals surface area contributed by atoms with Gasteiger partial charge in [-0.25, -0.2) is 4.98 Å². The number of pyridine rings is 1. The Kier molecular flexibility index (Phi) is 4.53.